The van der Waals surface area contributed by atoms with E-state index in [1.54, 1.807) is 6.08 Å². The average Bonchev–Trinajstić information content (AvgIpc) is 1.90. The lowest BCUT2D eigenvalue weighted by Gasteiger charge is -2.00. The molecule has 1 nitrogen and oxygen atoms in total. The minimum absolute atomic E-state index is 0.187. The first-order valence-corrected chi connectivity index (χ1v) is 3.02. The van der Waals surface area contributed by atoms with E-state index in [0.717, 1.165) is 12.0 Å². The molecule has 0 N–H and O–H groups in total. The molecule has 0 bridgehead atoms. The number of carbonyl (C=O) groups excluding carboxylic acids is 1. The van der Waals surface area contributed by atoms with E-state index >= 15 is 0 Å². The highest BCUT2D eigenvalue weighted by molar-refractivity contribution is 5.92. The zero-order chi connectivity index (χ0) is 6.69. The molecule has 1 radical (unpaired) electrons. The largest absolute Gasteiger partial charge is 0.295 e. The molecule has 0 amide bonds. The molecule has 0 atom stereocenters. The van der Waals surface area contributed by atoms with Crippen molar-refractivity contribution in [3.63, 3.8) is 0 Å². The summed E-state index contributed by atoms with van der Waals surface area (Å²) in [6.45, 7) is 3.70. The lowest BCUT2D eigenvalue weighted by Crippen LogP contribution is -1.95. The topological polar surface area (TPSA) is 17.1 Å². The van der Waals surface area contributed by atoms with Gasteiger partial charge in [-0.3, -0.25) is 4.79 Å². The maximum atomic E-state index is 10.6. The molecule has 1 aliphatic carbocycles. The molecule has 0 unspecified atom stereocenters. The molecule has 9 heavy (non-hydrogen) atoms. The monoisotopic (exact) mass is 121 g/mol. The fourth-order valence-corrected chi connectivity index (χ4v) is 0.753. The van der Waals surface area contributed by atoms with E-state index in [-0.39, 0.29) is 5.78 Å². The van der Waals surface area contributed by atoms with Gasteiger partial charge >= 0.3 is 0 Å². The fraction of sp³-hybridized carbons (Fsp3) is 0.250. The van der Waals surface area contributed by atoms with Gasteiger partial charge in [0.25, 0.3) is 0 Å². The van der Waals surface area contributed by atoms with E-state index in [2.05, 4.69) is 6.92 Å². The summed E-state index contributed by atoms with van der Waals surface area (Å²) in [5.74, 6) is 0.187. The highest BCUT2D eigenvalue weighted by Crippen LogP contribution is 2.09. The molecule has 1 aliphatic rings. The van der Waals surface area contributed by atoms with Gasteiger partial charge in [-0.1, -0.05) is 17.7 Å². The van der Waals surface area contributed by atoms with Gasteiger partial charge in [-0.05, 0) is 19.4 Å². The number of allylic oxidation sites excluding steroid dienone is 4. The Kier molecular flexibility index (Phi) is 1.83. The SMILES string of the molecule is [CH2]CC1=CCC(=O)C=C1. The van der Waals surface area contributed by atoms with Gasteiger partial charge in [0.05, 0.1) is 0 Å². The number of carbonyl (C=O) groups is 1. The van der Waals surface area contributed by atoms with Gasteiger partial charge in [-0.25, -0.2) is 0 Å². The molecule has 0 fully saturated rings. The molecule has 0 heterocycles. The third-order valence-corrected chi connectivity index (χ3v) is 1.34. The van der Waals surface area contributed by atoms with E-state index in [0.29, 0.717) is 6.42 Å². The number of hydrogen-bond acceptors (Lipinski definition) is 1. The smallest absolute Gasteiger partial charge is 0.159 e. The van der Waals surface area contributed by atoms with Gasteiger partial charge in [0, 0.05) is 6.42 Å². The zero-order valence-electron chi connectivity index (χ0n) is 5.26. The summed E-state index contributed by atoms with van der Waals surface area (Å²) in [7, 11) is 0. The van der Waals surface area contributed by atoms with Gasteiger partial charge in [0.1, 0.15) is 0 Å². The van der Waals surface area contributed by atoms with E-state index in [1.807, 2.05) is 12.2 Å². The lowest BCUT2D eigenvalue weighted by atomic mass is 10.0. The van der Waals surface area contributed by atoms with Crippen molar-refractivity contribution < 1.29 is 4.79 Å². The van der Waals surface area contributed by atoms with Crippen LogP contribution in [0.3, 0.4) is 0 Å². The Morgan fingerprint density at radius 3 is 2.78 bits per heavy atom. The van der Waals surface area contributed by atoms with Crippen LogP contribution in [-0.4, -0.2) is 5.78 Å². The van der Waals surface area contributed by atoms with Crippen LogP contribution in [0.2, 0.25) is 0 Å². The van der Waals surface area contributed by atoms with E-state index in [9.17, 15) is 4.79 Å². The second-order valence-electron chi connectivity index (χ2n) is 2.03. The summed E-state index contributed by atoms with van der Waals surface area (Å²) < 4.78 is 0. The van der Waals surface area contributed by atoms with Gasteiger partial charge in [-0.2, -0.15) is 0 Å². The minimum atomic E-state index is 0.187. The van der Waals surface area contributed by atoms with Crippen molar-refractivity contribution in [2.45, 2.75) is 12.8 Å². The number of hydrogen-bond donors (Lipinski definition) is 0. The molecule has 0 aromatic carbocycles. The van der Waals surface area contributed by atoms with Gasteiger partial charge in [0.2, 0.25) is 0 Å². The molecule has 0 spiro atoms. The number of ketones is 1. The molecule has 1 heteroatoms. The van der Waals surface area contributed by atoms with Crippen molar-refractivity contribution in [3.05, 3.63) is 30.7 Å². The Bertz CT molecular complexity index is 175. The van der Waals surface area contributed by atoms with Crippen LogP contribution in [0.15, 0.2) is 23.8 Å². The second-order valence-corrected chi connectivity index (χ2v) is 2.03. The summed E-state index contributed by atoms with van der Waals surface area (Å²) >= 11 is 0. The molecule has 0 aromatic heterocycles. The molecular weight excluding hydrogens is 112 g/mol. The van der Waals surface area contributed by atoms with Crippen molar-refractivity contribution >= 4 is 5.78 Å². The highest BCUT2D eigenvalue weighted by Gasteiger charge is 1.99. The summed E-state index contributed by atoms with van der Waals surface area (Å²) in [6, 6.07) is 0. The molecule has 0 saturated heterocycles. The Morgan fingerprint density at radius 1 is 1.56 bits per heavy atom. The fourth-order valence-electron chi connectivity index (χ4n) is 0.753. The van der Waals surface area contributed by atoms with Crippen molar-refractivity contribution in [1.29, 1.82) is 0 Å². The Hall–Kier alpha value is -0.850. The molecule has 47 valence electrons. The second kappa shape index (κ2) is 2.62. The Labute approximate surface area is 55.1 Å². The quantitative estimate of drug-likeness (QED) is 0.515. The Morgan fingerprint density at radius 2 is 2.33 bits per heavy atom. The third-order valence-electron chi connectivity index (χ3n) is 1.34. The van der Waals surface area contributed by atoms with Crippen LogP contribution in [0.1, 0.15) is 12.8 Å². The van der Waals surface area contributed by atoms with Crippen LogP contribution in [0.25, 0.3) is 0 Å². The minimum Gasteiger partial charge on any atom is -0.295 e. The van der Waals surface area contributed by atoms with E-state index < -0.39 is 0 Å². The van der Waals surface area contributed by atoms with Gasteiger partial charge in [0.15, 0.2) is 5.78 Å². The van der Waals surface area contributed by atoms with Crippen LogP contribution < -0.4 is 0 Å². The average molecular weight is 121 g/mol. The van der Waals surface area contributed by atoms with Crippen molar-refractivity contribution in [2.75, 3.05) is 0 Å². The molecule has 0 aromatic rings. The molecule has 1 rings (SSSR count). The lowest BCUT2D eigenvalue weighted by molar-refractivity contribution is -0.113. The van der Waals surface area contributed by atoms with Crippen LogP contribution >= 0.6 is 0 Å². The molecule has 0 saturated carbocycles. The highest BCUT2D eigenvalue weighted by atomic mass is 16.1. The molecular formula is C8H9O. The van der Waals surface area contributed by atoms with Gasteiger partial charge < -0.3 is 0 Å². The van der Waals surface area contributed by atoms with Crippen LogP contribution in [0.4, 0.5) is 0 Å². The maximum absolute atomic E-state index is 10.6. The van der Waals surface area contributed by atoms with Crippen molar-refractivity contribution in [1.82, 2.24) is 0 Å². The predicted octanol–water partition coefficient (Wildman–Crippen LogP) is 1.67. The normalized spacial score (nSPS) is 17.9. The van der Waals surface area contributed by atoms with Crippen molar-refractivity contribution in [2.24, 2.45) is 0 Å². The molecule has 0 aliphatic heterocycles. The summed E-state index contributed by atoms with van der Waals surface area (Å²) in [5.41, 5.74) is 1.16. The standard InChI is InChI=1S/C8H9O/c1-2-7-3-5-8(9)6-4-7/h3-5H,1-2,6H2. The van der Waals surface area contributed by atoms with Gasteiger partial charge in [-0.15, -0.1) is 0 Å². The summed E-state index contributed by atoms with van der Waals surface area (Å²) in [5, 5.41) is 0. The summed E-state index contributed by atoms with van der Waals surface area (Å²) in [4.78, 5) is 10.6. The predicted molar refractivity (Wildman–Crippen MR) is 36.8 cm³/mol. The van der Waals surface area contributed by atoms with E-state index in [4.69, 9.17) is 0 Å². The van der Waals surface area contributed by atoms with Crippen LogP contribution in [0.5, 0.6) is 0 Å². The summed E-state index contributed by atoms with van der Waals surface area (Å²) in [6.07, 6.45) is 6.71. The first kappa shape index (κ1) is 6.27. The first-order valence-electron chi connectivity index (χ1n) is 3.02. The Balaban J connectivity index is 2.63. The van der Waals surface area contributed by atoms with Crippen molar-refractivity contribution in [3.8, 4) is 0 Å². The van der Waals surface area contributed by atoms with E-state index in [1.165, 1.54) is 0 Å². The zero-order valence-corrected chi connectivity index (χ0v) is 5.26. The third kappa shape index (κ3) is 1.53. The number of rotatable bonds is 1. The van der Waals surface area contributed by atoms with Crippen LogP contribution in [0, 0.1) is 6.92 Å². The maximum Gasteiger partial charge on any atom is 0.159 e. The van der Waals surface area contributed by atoms with Crippen LogP contribution in [-0.2, 0) is 4.79 Å². The first-order chi connectivity index (χ1) is 4.33.